The van der Waals surface area contributed by atoms with Gasteiger partial charge in [-0.1, -0.05) is 12.2 Å². The van der Waals surface area contributed by atoms with Crippen LogP contribution in [0.15, 0.2) is 36.5 Å². The van der Waals surface area contributed by atoms with Crippen molar-refractivity contribution in [3.63, 3.8) is 0 Å². The summed E-state index contributed by atoms with van der Waals surface area (Å²) in [5, 5.41) is 6.54. The molecule has 2 aromatic heterocycles. The Morgan fingerprint density at radius 1 is 1.09 bits per heavy atom. The molecule has 1 aliphatic heterocycles. The van der Waals surface area contributed by atoms with Crippen LogP contribution in [0.3, 0.4) is 0 Å². The van der Waals surface area contributed by atoms with E-state index in [0.29, 0.717) is 48.2 Å². The van der Waals surface area contributed by atoms with Gasteiger partial charge in [0.15, 0.2) is 5.65 Å². The number of imidazole rings is 1. The first kappa shape index (κ1) is 22.7. The van der Waals surface area contributed by atoms with Gasteiger partial charge in [0, 0.05) is 31.4 Å². The van der Waals surface area contributed by atoms with Gasteiger partial charge >= 0.3 is 0 Å². The first-order chi connectivity index (χ1) is 16.5. The summed E-state index contributed by atoms with van der Waals surface area (Å²) < 4.78 is 35.3. The number of aromatic nitrogens is 4. The highest BCUT2D eigenvalue weighted by atomic mass is 19.1. The fourth-order valence-corrected chi connectivity index (χ4v) is 4.96. The summed E-state index contributed by atoms with van der Waals surface area (Å²) in [6, 6.07) is 3.86. The first-order valence-electron chi connectivity index (χ1n) is 11.9. The molecule has 0 amide bonds. The molecule has 1 aromatic carbocycles. The molecule has 0 bridgehead atoms. The second-order valence-electron chi connectivity index (χ2n) is 9.34. The monoisotopic (exact) mass is 468 g/mol. The van der Waals surface area contributed by atoms with Gasteiger partial charge in [-0.15, -0.1) is 0 Å². The van der Waals surface area contributed by atoms with E-state index in [-0.39, 0.29) is 11.7 Å². The number of hydrogen-bond acceptors (Lipinski definition) is 6. The van der Waals surface area contributed by atoms with Crippen molar-refractivity contribution < 1.29 is 13.5 Å². The highest BCUT2D eigenvalue weighted by molar-refractivity contribution is 5.76. The third-order valence-corrected chi connectivity index (χ3v) is 6.92. The molecule has 3 aromatic rings. The van der Waals surface area contributed by atoms with E-state index in [9.17, 15) is 8.78 Å². The van der Waals surface area contributed by atoms with Crippen molar-refractivity contribution in [2.75, 3.05) is 23.8 Å². The molecule has 9 heteroatoms. The minimum atomic E-state index is -0.676. The maximum atomic E-state index is 14.4. The van der Waals surface area contributed by atoms with Crippen LogP contribution < -0.4 is 10.6 Å². The Bertz CT molecular complexity index is 1180. The van der Waals surface area contributed by atoms with Crippen LogP contribution in [0, 0.1) is 17.6 Å². The fraction of sp³-hybridized carbons (Fsp3) is 0.480. The Hall–Kier alpha value is -3.07. The molecule has 0 atom stereocenters. The predicted octanol–water partition coefficient (Wildman–Crippen LogP) is 5.75. The quantitative estimate of drug-likeness (QED) is 0.449. The van der Waals surface area contributed by atoms with Gasteiger partial charge in [-0.3, -0.25) is 4.57 Å². The summed E-state index contributed by atoms with van der Waals surface area (Å²) in [6.45, 7) is 7.49. The zero-order valence-corrected chi connectivity index (χ0v) is 19.4. The smallest absolute Gasteiger partial charge is 0.224 e. The lowest BCUT2D eigenvalue weighted by molar-refractivity contribution is 0.0710. The molecule has 2 aliphatic rings. The third-order valence-electron chi connectivity index (χ3n) is 6.92. The fourth-order valence-electron chi connectivity index (χ4n) is 4.96. The summed E-state index contributed by atoms with van der Waals surface area (Å²) in [7, 11) is 0. The van der Waals surface area contributed by atoms with Crippen molar-refractivity contribution in [1.82, 2.24) is 19.5 Å². The molecule has 34 heavy (non-hydrogen) atoms. The number of nitrogens with one attached hydrogen (secondary N) is 2. The number of allylic oxidation sites excluding steroid dienone is 1. The van der Waals surface area contributed by atoms with Crippen molar-refractivity contribution in [3.05, 3.63) is 48.2 Å². The van der Waals surface area contributed by atoms with E-state index in [1.165, 1.54) is 17.7 Å². The molecule has 1 saturated carbocycles. The summed E-state index contributed by atoms with van der Waals surface area (Å²) in [4.78, 5) is 14.0. The normalized spacial score (nSPS) is 21.5. The van der Waals surface area contributed by atoms with E-state index in [2.05, 4.69) is 34.1 Å². The summed E-state index contributed by atoms with van der Waals surface area (Å²) in [5.74, 6) is 0.320. The average Bonchev–Trinajstić information content (AvgIpc) is 3.19. The number of nitrogens with zero attached hydrogens (tertiary/aromatic N) is 4. The van der Waals surface area contributed by atoms with E-state index in [1.54, 1.807) is 6.20 Å². The largest absolute Gasteiger partial charge is 0.381 e. The number of benzene rings is 1. The van der Waals surface area contributed by atoms with Gasteiger partial charge in [-0.2, -0.15) is 4.98 Å². The lowest BCUT2D eigenvalue weighted by Crippen LogP contribution is -2.27. The molecule has 2 fully saturated rings. The van der Waals surface area contributed by atoms with Crippen molar-refractivity contribution in [3.8, 4) is 0 Å². The van der Waals surface area contributed by atoms with E-state index in [0.717, 1.165) is 44.6 Å². The molecule has 5 rings (SSSR count). The van der Waals surface area contributed by atoms with Gasteiger partial charge in [0.05, 0.1) is 11.9 Å². The van der Waals surface area contributed by atoms with Crippen molar-refractivity contribution in [2.45, 2.75) is 57.5 Å². The lowest BCUT2D eigenvalue weighted by Gasteiger charge is -2.29. The van der Waals surface area contributed by atoms with Gasteiger partial charge in [-0.25, -0.2) is 18.7 Å². The topological polar surface area (TPSA) is 76.9 Å². The van der Waals surface area contributed by atoms with Gasteiger partial charge in [-0.05, 0) is 63.5 Å². The van der Waals surface area contributed by atoms with E-state index < -0.39 is 11.6 Å². The molecule has 1 saturated heterocycles. The highest BCUT2D eigenvalue weighted by Crippen LogP contribution is 2.33. The molecular weight excluding hydrogens is 438 g/mol. The van der Waals surface area contributed by atoms with E-state index in [4.69, 9.17) is 9.72 Å². The van der Waals surface area contributed by atoms with Crippen molar-refractivity contribution >= 4 is 28.7 Å². The maximum Gasteiger partial charge on any atom is 0.224 e. The van der Waals surface area contributed by atoms with Crippen LogP contribution in [0.4, 0.5) is 26.4 Å². The Kier molecular flexibility index (Phi) is 6.45. The zero-order chi connectivity index (χ0) is 23.7. The Morgan fingerprint density at radius 2 is 1.85 bits per heavy atom. The number of fused-ring (bicyclic) bond motifs is 1. The summed E-state index contributed by atoms with van der Waals surface area (Å²) >= 11 is 0. The van der Waals surface area contributed by atoms with Crippen LogP contribution in [-0.4, -0.2) is 38.8 Å². The van der Waals surface area contributed by atoms with Gasteiger partial charge in [0.2, 0.25) is 11.9 Å². The maximum absolute atomic E-state index is 14.4. The average molecular weight is 469 g/mol. The Balaban J connectivity index is 1.44. The van der Waals surface area contributed by atoms with Gasteiger partial charge in [0.1, 0.15) is 17.2 Å². The van der Waals surface area contributed by atoms with E-state index in [1.807, 2.05) is 4.57 Å². The summed E-state index contributed by atoms with van der Waals surface area (Å²) in [5.41, 5.74) is 2.72. The van der Waals surface area contributed by atoms with Crippen LogP contribution in [-0.2, 0) is 4.74 Å². The molecule has 0 spiro atoms. The van der Waals surface area contributed by atoms with Gasteiger partial charge in [0.25, 0.3) is 0 Å². The molecule has 0 unspecified atom stereocenters. The number of halogens is 2. The molecule has 3 heterocycles. The standard InChI is InChI=1S/C25H30F2N6O/c1-15(2)16-3-6-18(7-4-16)29-24-28-14-22-23(32-24)33(19-9-11-34-12-10-19)25(31-22)30-21-8-5-17(26)13-20(21)27/h5,8,13-14,16,18-19H,1,3-4,6-7,9-12H2,2H3,(H,30,31)(H,28,29,32)/t16-,18-. The molecular formula is C25H30F2N6O. The van der Waals surface area contributed by atoms with Crippen LogP contribution in [0.5, 0.6) is 0 Å². The summed E-state index contributed by atoms with van der Waals surface area (Å²) in [6.07, 6.45) is 7.63. The molecule has 0 radical (unpaired) electrons. The van der Waals surface area contributed by atoms with Gasteiger partial charge < -0.3 is 15.4 Å². The Labute approximate surface area is 197 Å². The van der Waals surface area contributed by atoms with Crippen LogP contribution in [0.2, 0.25) is 0 Å². The second-order valence-corrected chi connectivity index (χ2v) is 9.34. The highest BCUT2D eigenvalue weighted by Gasteiger charge is 2.25. The molecule has 2 N–H and O–H groups in total. The minimum Gasteiger partial charge on any atom is -0.381 e. The number of anilines is 3. The SMILES string of the molecule is C=C(C)[C@H]1CC[C@H](Nc2ncc3nc(Nc4ccc(F)cc4F)n(C4CCOCC4)c3n2)CC1. The molecule has 7 nitrogen and oxygen atoms in total. The lowest BCUT2D eigenvalue weighted by atomic mass is 9.82. The zero-order valence-electron chi connectivity index (χ0n) is 19.4. The second kappa shape index (κ2) is 9.66. The van der Waals surface area contributed by atoms with Crippen molar-refractivity contribution in [1.29, 1.82) is 0 Å². The number of ether oxygens (including phenoxy) is 1. The minimum absolute atomic E-state index is 0.0958. The van der Waals surface area contributed by atoms with E-state index >= 15 is 0 Å². The van der Waals surface area contributed by atoms with Crippen LogP contribution >= 0.6 is 0 Å². The molecule has 180 valence electrons. The predicted molar refractivity (Wildman–Crippen MR) is 128 cm³/mol. The Morgan fingerprint density at radius 3 is 2.56 bits per heavy atom. The first-order valence-corrected chi connectivity index (χ1v) is 11.9. The van der Waals surface area contributed by atoms with Crippen LogP contribution in [0.25, 0.3) is 11.2 Å². The third kappa shape index (κ3) is 4.75. The molecule has 1 aliphatic carbocycles. The van der Waals surface area contributed by atoms with Crippen molar-refractivity contribution in [2.24, 2.45) is 5.92 Å². The number of rotatable bonds is 6. The number of hydrogen-bond donors (Lipinski definition) is 2. The van der Waals surface area contributed by atoms with Crippen LogP contribution in [0.1, 0.15) is 51.5 Å².